The summed E-state index contributed by atoms with van der Waals surface area (Å²) in [7, 11) is -6.47. The lowest BCUT2D eigenvalue weighted by atomic mass is 10.4. The van der Waals surface area contributed by atoms with Crippen LogP contribution in [-0.2, 0) is 19.9 Å². The first-order chi connectivity index (χ1) is 6.78. The van der Waals surface area contributed by atoms with Crippen LogP contribution in [0.25, 0.3) is 0 Å². The van der Waals surface area contributed by atoms with Crippen LogP contribution in [0.15, 0.2) is 0 Å². The Balaban J connectivity index is 2.83. The number of rotatable bonds is 3. The van der Waals surface area contributed by atoms with Crippen molar-refractivity contribution in [2.24, 2.45) is 5.73 Å². The van der Waals surface area contributed by atoms with Crippen molar-refractivity contribution in [3.05, 3.63) is 0 Å². The van der Waals surface area contributed by atoms with E-state index in [0.717, 1.165) is 0 Å². The van der Waals surface area contributed by atoms with E-state index in [1.165, 1.54) is 4.31 Å². The standard InChI is InChI=1S/C7H16N2O4S2/c1-7-6-14(10,11)5-3-9(7)15(12,13)4-2-8/h7H,2-6,8H2,1H3. The molecule has 8 heteroatoms. The summed E-state index contributed by atoms with van der Waals surface area (Å²) in [6.45, 7) is 1.70. The Kier molecular flexibility index (Phi) is 3.75. The summed E-state index contributed by atoms with van der Waals surface area (Å²) in [6, 6.07) is -0.486. The van der Waals surface area contributed by atoms with E-state index >= 15 is 0 Å². The zero-order chi connectivity index (χ0) is 11.7. The first-order valence-corrected chi connectivity index (χ1v) is 8.11. The molecule has 1 rings (SSSR count). The minimum absolute atomic E-state index is 0.0475. The van der Waals surface area contributed by atoms with Gasteiger partial charge in [0.15, 0.2) is 9.84 Å². The first kappa shape index (κ1) is 12.9. The second-order valence-electron chi connectivity index (χ2n) is 3.68. The Morgan fingerprint density at radius 2 is 2.07 bits per heavy atom. The van der Waals surface area contributed by atoms with Crippen LogP contribution in [0.4, 0.5) is 0 Å². The van der Waals surface area contributed by atoms with Crippen LogP contribution in [-0.4, -0.2) is 57.5 Å². The zero-order valence-electron chi connectivity index (χ0n) is 8.59. The fourth-order valence-electron chi connectivity index (χ4n) is 1.66. The molecule has 0 amide bonds. The van der Waals surface area contributed by atoms with E-state index in [9.17, 15) is 16.8 Å². The van der Waals surface area contributed by atoms with Crippen LogP contribution in [0, 0.1) is 0 Å². The van der Waals surface area contributed by atoms with Gasteiger partial charge in [-0.15, -0.1) is 0 Å². The highest BCUT2D eigenvalue weighted by molar-refractivity contribution is 7.92. The van der Waals surface area contributed by atoms with Crippen LogP contribution in [0.1, 0.15) is 6.92 Å². The lowest BCUT2D eigenvalue weighted by molar-refractivity contribution is 0.357. The molecule has 1 atom stereocenters. The number of nitrogens with two attached hydrogens (primary N) is 1. The Morgan fingerprint density at radius 3 is 2.53 bits per heavy atom. The molecule has 0 radical (unpaired) electrons. The third kappa shape index (κ3) is 3.13. The van der Waals surface area contributed by atoms with Gasteiger partial charge in [0.05, 0.1) is 17.3 Å². The highest BCUT2D eigenvalue weighted by Gasteiger charge is 2.34. The second-order valence-corrected chi connectivity index (χ2v) is 7.95. The number of sulfone groups is 1. The highest BCUT2D eigenvalue weighted by Crippen LogP contribution is 2.15. The van der Waals surface area contributed by atoms with E-state index in [4.69, 9.17) is 5.73 Å². The van der Waals surface area contributed by atoms with Crippen molar-refractivity contribution < 1.29 is 16.8 Å². The molecule has 1 aliphatic rings. The average molecular weight is 256 g/mol. The minimum atomic E-state index is -3.39. The largest absolute Gasteiger partial charge is 0.329 e. The van der Waals surface area contributed by atoms with Gasteiger partial charge in [-0.25, -0.2) is 16.8 Å². The molecule has 1 unspecified atom stereocenters. The SMILES string of the molecule is CC1CS(=O)(=O)CCN1S(=O)(=O)CCN. The normalized spacial score (nSPS) is 27.7. The second kappa shape index (κ2) is 4.36. The lowest BCUT2D eigenvalue weighted by Crippen LogP contribution is -2.50. The van der Waals surface area contributed by atoms with Gasteiger partial charge in [0.2, 0.25) is 10.0 Å². The van der Waals surface area contributed by atoms with Crippen molar-refractivity contribution >= 4 is 19.9 Å². The van der Waals surface area contributed by atoms with Crippen molar-refractivity contribution in [3.8, 4) is 0 Å². The summed E-state index contributed by atoms with van der Waals surface area (Å²) < 4.78 is 47.0. The Bertz CT molecular complexity index is 414. The smallest absolute Gasteiger partial charge is 0.215 e. The van der Waals surface area contributed by atoms with Gasteiger partial charge >= 0.3 is 0 Å². The maximum Gasteiger partial charge on any atom is 0.215 e. The summed E-state index contributed by atoms with van der Waals surface area (Å²) in [5.41, 5.74) is 5.20. The van der Waals surface area contributed by atoms with Crippen LogP contribution < -0.4 is 5.73 Å². The van der Waals surface area contributed by atoms with E-state index < -0.39 is 25.9 Å². The number of nitrogens with zero attached hydrogens (tertiary/aromatic N) is 1. The van der Waals surface area contributed by atoms with Crippen LogP contribution in [0.5, 0.6) is 0 Å². The van der Waals surface area contributed by atoms with Gasteiger partial charge in [0.25, 0.3) is 0 Å². The van der Waals surface area contributed by atoms with Crippen molar-refractivity contribution in [2.75, 3.05) is 30.3 Å². The van der Waals surface area contributed by atoms with E-state index in [1.54, 1.807) is 6.92 Å². The molecular weight excluding hydrogens is 240 g/mol. The van der Waals surface area contributed by atoms with Crippen LogP contribution in [0.2, 0.25) is 0 Å². The predicted molar refractivity (Wildman–Crippen MR) is 57.7 cm³/mol. The van der Waals surface area contributed by atoms with Gasteiger partial charge in [0, 0.05) is 19.1 Å². The van der Waals surface area contributed by atoms with E-state index in [0.29, 0.717) is 0 Å². The van der Waals surface area contributed by atoms with Gasteiger partial charge < -0.3 is 5.73 Å². The maximum absolute atomic E-state index is 11.7. The molecular formula is C7H16N2O4S2. The molecule has 6 nitrogen and oxygen atoms in total. The fourth-order valence-corrected chi connectivity index (χ4v) is 4.95. The van der Waals surface area contributed by atoms with Crippen LogP contribution >= 0.6 is 0 Å². The molecule has 0 bridgehead atoms. The number of hydrogen-bond donors (Lipinski definition) is 1. The Morgan fingerprint density at radius 1 is 1.47 bits per heavy atom. The molecule has 15 heavy (non-hydrogen) atoms. The molecule has 1 heterocycles. The summed E-state index contributed by atoms with van der Waals surface area (Å²) in [4.78, 5) is 0. The summed E-state index contributed by atoms with van der Waals surface area (Å²) >= 11 is 0. The highest BCUT2D eigenvalue weighted by atomic mass is 32.2. The van der Waals surface area contributed by atoms with Gasteiger partial charge in [-0.1, -0.05) is 0 Å². The molecule has 2 N–H and O–H groups in total. The van der Waals surface area contributed by atoms with E-state index in [-0.39, 0.29) is 30.3 Å². The first-order valence-electron chi connectivity index (χ1n) is 4.68. The Hall–Kier alpha value is -0.180. The topological polar surface area (TPSA) is 97.5 Å². The minimum Gasteiger partial charge on any atom is -0.329 e. The molecule has 0 aromatic carbocycles. The van der Waals surface area contributed by atoms with Gasteiger partial charge in [0.1, 0.15) is 0 Å². The fraction of sp³-hybridized carbons (Fsp3) is 1.00. The lowest BCUT2D eigenvalue weighted by Gasteiger charge is -2.31. The molecule has 0 aromatic heterocycles. The summed E-state index contributed by atoms with van der Waals surface area (Å²) in [5.74, 6) is -0.324. The van der Waals surface area contributed by atoms with E-state index in [2.05, 4.69) is 0 Å². The van der Waals surface area contributed by atoms with Crippen molar-refractivity contribution in [1.82, 2.24) is 4.31 Å². The molecule has 0 saturated carbocycles. The van der Waals surface area contributed by atoms with E-state index in [1.807, 2.05) is 0 Å². The molecule has 1 saturated heterocycles. The molecule has 0 aliphatic carbocycles. The third-order valence-electron chi connectivity index (χ3n) is 2.34. The van der Waals surface area contributed by atoms with Gasteiger partial charge in [-0.3, -0.25) is 0 Å². The molecule has 0 aromatic rings. The van der Waals surface area contributed by atoms with Crippen molar-refractivity contribution in [2.45, 2.75) is 13.0 Å². The maximum atomic E-state index is 11.7. The Labute approximate surface area is 90.4 Å². The zero-order valence-corrected chi connectivity index (χ0v) is 10.2. The number of hydrogen-bond acceptors (Lipinski definition) is 5. The molecule has 0 spiro atoms. The number of sulfonamides is 1. The van der Waals surface area contributed by atoms with Crippen molar-refractivity contribution in [3.63, 3.8) is 0 Å². The van der Waals surface area contributed by atoms with Gasteiger partial charge in [-0.2, -0.15) is 4.31 Å². The third-order valence-corrected chi connectivity index (χ3v) is 6.15. The summed E-state index contributed by atoms with van der Waals surface area (Å²) in [5, 5.41) is 0. The van der Waals surface area contributed by atoms with Gasteiger partial charge in [-0.05, 0) is 6.92 Å². The predicted octanol–water partition coefficient (Wildman–Crippen LogP) is -1.61. The molecule has 90 valence electrons. The van der Waals surface area contributed by atoms with Crippen molar-refractivity contribution in [1.29, 1.82) is 0 Å². The molecule has 1 aliphatic heterocycles. The summed E-state index contributed by atoms with van der Waals surface area (Å²) in [6.07, 6.45) is 0. The average Bonchev–Trinajstić information content (AvgIpc) is 2.00. The monoisotopic (exact) mass is 256 g/mol. The molecule has 1 fully saturated rings. The van der Waals surface area contributed by atoms with Crippen LogP contribution in [0.3, 0.4) is 0 Å². The quantitative estimate of drug-likeness (QED) is 0.655.